The molecule has 6 heteroatoms. The van der Waals surface area contributed by atoms with E-state index in [2.05, 4.69) is 18.7 Å². The number of likely N-dealkylation sites (N-methyl/N-ethyl adjacent to an activating group) is 1. The van der Waals surface area contributed by atoms with E-state index < -0.39 is 6.10 Å². The molecule has 0 aliphatic heterocycles. The first kappa shape index (κ1) is 21.1. The summed E-state index contributed by atoms with van der Waals surface area (Å²) in [5, 5.41) is 19.3. The van der Waals surface area contributed by atoms with Crippen LogP contribution in [0.1, 0.15) is 19.4 Å². The smallest absolute Gasteiger partial charge is 0.203 e. The van der Waals surface area contributed by atoms with Gasteiger partial charge in [0.05, 0.1) is 17.6 Å². The number of aliphatic hydroxyl groups is 1. The van der Waals surface area contributed by atoms with Gasteiger partial charge in [-0.3, -0.25) is 5.41 Å². The molecule has 1 aromatic heterocycles. The molecule has 0 spiro atoms. The maximum atomic E-state index is 10.6. The fourth-order valence-corrected chi connectivity index (χ4v) is 3.58. The molecule has 6 nitrogen and oxygen atoms in total. The number of hydrogen-bond donors (Lipinski definition) is 2. The van der Waals surface area contributed by atoms with Gasteiger partial charge in [0.25, 0.3) is 0 Å². The van der Waals surface area contributed by atoms with Crippen LogP contribution in [0.2, 0.25) is 0 Å². The molecule has 2 N–H and O–H groups in total. The van der Waals surface area contributed by atoms with Gasteiger partial charge in [-0.15, -0.1) is 0 Å². The van der Waals surface area contributed by atoms with Crippen LogP contribution in [0.3, 0.4) is 0 Å². The molecule has 1 heterocycles. The minimum Gasteiger partial charge on any atom is -0.491 e. The van der Waals surface area contributed by atoms with Crippen molar-refractivity contribution >= 4 is 11.0 Å². The maximum Gasteiger partial charge on any atom is 0.203 e. The van der Waals surface area contributed by atoms with E-state index in [0.29, 0.717) is 12.2 Å². The van der Waals surface area contributed by atoms with Crippen molar-refractivity contribution in [2.24, 2.45) is 0 Å². The summed E-state index contributed by atoms with van der Waals surface area (Å²) in [4.78, 5) is 2.35. The third kappa shape index (κ3) is 5.08. The fourth-order valence-electron chi connectivity index (χ4n) is 3.58. The number of benzene rings is 2. The largest absolute Gasteiger partial charge is 0.491 e. The first-order valence-corrected chi connectivity index (χ1v) is 10.4. The van der Waals surface area contributed by atoms with E-state index in [0.717, 1.165) is 43.0 Å². The van der Waals surface area contributed by atoms with Gasteiger partial charge in [-0.1, -0.05) is 43.7 Å². The number of nitrogens with zero attached hydrogens (tertiary/aromatic N) is 3. The molecule has 3 rings (SSSR count). The van der Waals surface area contributed by atoms with Gasteiger partial charge < -0.3 is 23.9 Å². The summed E-state index contributed by atoms with van der Waals surface area (Å²) in [5.74, 6) is 0.743. The molecule has 156 valence electrons. The van der Waals surface area contributed by atoms with Crippen molar-refractivity contribution in [3.63, 3.8) is 0 Å². The van der Waals surface area contributed by atoms with E-state index in [1.54, 1.807) is 0 Å². The van der Waals surface area contributed by atoms with Crippen LogP contribution in [0.25, 0.3) is 11.0 Å². The standard InChI is InChI=1S/C23H32N4O2/c1-4-25(5-2)14-15-26-21-8-6-7-9-22(21)27(23(26)24)16-19(28)17-29-20-12-10-18(3)11-13-20/h6-13,19,24,28H,4-5,14-17H2,1-3H3. The zero-order chi connectivity index (χ0) is 20.8. The van der Waals surface area contributed by atoms with Crippen LogP contribution in [0.15, 0.2) is 48.5 Å². The van der Waals surface area contributed by atoms with E-state index >= 15 is 0 Å². The van der Waals surface area contributed by atoms with Crippen LogP contribution < -0.4 is 10.4 Å². The summed E-state index contributed by atoms with van der Waals surface area (Å²) >= 11 is 0. The summed E-state index contributed by atoms with van der Waals surface area (Å²) in [6.07, 6.45) is -0.701. The number of aromatic nitrogens is 2. The molecule has 2 aromatic carbocycles. The van der Waals surface area contributed by atoms with Gasteiger partial charge in [0.1, 0.15) is 18.5 Å². The second-order valence-electron chi connectivity index (χ2n) is 7.38. The first-order chi connectivity index (χ1) is 14.0. The monoisotopic (exact) mass is 396 g/mol. The van der Waals surface area contributed by atoms with Crippen molar-refractivity contribution in [2.45, 2.75) is 40.0 Å². The Morgan fingerprint density at radius 1 is 1.00 bits per heavy atom. The van der Waals surface area contributed by atoms with Crippen molar-refractivity contribution in [1.82, 2.24) is 14.0 Å². The van der Waals surface area contributed by atoms with Gasteiger partial charge in [-0.05, 0) is 44.3 Å². The molecular formula is C23H32N4O2. The molecule has 0 saturated carbocycles. The van der Waals surface area contributed by atoms with Gasteiger partial charge in [-0.2, -0.15) is 0 Å². The molecule has 29 heavy (non-hydrogen) atoms. The highest BCUT2D eigenvalue weighted by Crippen LogP contribution is 2.15. The summed E-state index contributed by atoms with van der Waals surface area (Å²) < 4.78 is 9.63. The molecule has 0 amide bonds. The van der Waals surface area contributed by atoms with E-state index in [9.17, 15) is 5.11 Å². The molecule has 3 aromatic rings. The minimum atomic E-state index is -0.701. The van der Waals surface area contributed by atoms with E-state index in [1.165, 1.54) is 5.56 Å². The predicted octanol–water partition coefficient (Wildman–Crippen LogP) is 3.01. The van der Waals surface area contributed by atoms with Crippen molar-refractivity contribution in [3.05, 3.63) is 59.7 Å². The molecule has 1 atom stereocenters. The first-order valence-electron chi connectivity index (χ1n) is 10.4. The van der Waals surface area contributed by atoms with Crippen LogP contribution in [0.5, 0.6) is 5.75 Å². The Kier molecular flexibility index (Phi) is 7.12. The summed E-state index contributed by atoms with van der Waals surface area (Å²) in [5.41, 5.74) is 3.57. The number of imidazole rings is 1. The lowest BCUT2D eigenvalue weighted by molar-refractivity contribution is 0.0920. The highest BCUT2D eigenvalue weighted by Gasteiger charge is 2.15. The fraction of sp³-hybridized carbons (Fsp3) is 0.435. The highest BCUT2D eigenvalue weighted by molar-refractivity contribution is 5.75. The van der Waals surface area contributed by atoms with Crippen molar-refractivity contribution in [3.8, 4) is 5.75 Å². The number of fused-ring (bicyclic) bond motifs is 1. The number of rotatable bonds is 10. The van der Waals surface area contributed by atoms with Gasteiger partial charge >= 0.3 is 0 Å². The van der Waals surface area contributed by atoms with Crippen LogP contribution >= 0.6 is 0 Å². The Hall–Kier alpha value is -2.57. The lowest BCUT2D eigenvalue weighted by Gasteiger charge is -2.18. The minimum absolute atomic E-state index is 0.189. The second-order valence-corrected chi connectivity index (χ2v) is 7.38. The van der Waals surface area contributed by atoms with Gasteiger partial charge in [0, 0.05) is 13.1 Å². The van der Waals surface area contributed by atoms with Gasteiger partial charge in [0.2, 0.25) is 5.62 Å². The van der Waals surface area contributed by atoms with Gasteiger partial charge in [-0.25, -0.2) is 0 Å². The average molecular weight is 397 g/mol. The van der Waals surface area contributed by atoms with Crippen LogP contribution in [0, 0.1) is 12.3 Å². The number of para-hydroxylation sites is 2. The Balaban J connectivity index is 1.75. The summed E-state index contributed by atoms with van der Waals surface area (Å²) in [6.45, 7) is 10.5. The topological polar surface area (TPSA) is 66.4 Å². The number of hydrogen-bond acceptors (Lipinski definition) is 4. The SMILES string of the molecule is CCN(CC)CCn1c(=N)n(CC(O)COc2ccc(C)cc2)c2ccccc21. The Bertz CT molecular complexity index is 971. The van der Waals surface area contributed by atoms with E-state index in [-0.39, 0.29) is 6.61 Å². The Morgan fingerprint density at radius 2 is 1.62 bits per heavy atom. The van der Waals surface area contributed by atoms with Crippen molar-refractivity contribution in [1.29, 1.82) is 5.41 Å². The summed E-state index contributed by atoms with van der Waals surface area (Å²) in [7, 11) is 0. The highest BCUT2D eigenvalue weighted by atomic mass is 16.5. The second kappa shape index (κ2) is 9.76. The van der Waals surface area contributed by atoms with Crippen molar-refractivity contribution in [2.75, 3.05) is 26.2 Å². The lowest BCUT2D eigenvalue weighted by Crippen LogP contribution is -2.34. The Morgan fingerprint density at radius 3 is 2.24 bits per heavy atom. The molecule has 0 aliphatic carbocycles. The van der Waals surface area contributed by atoms with Crippen molar-refractivity contribution < 1.29 is 9.84 Å². The average Bonchev–Trinajstić information content (AvgIpc) is 3.00. The molecule has 0 bridgehead atoms. The molecule has 1 unspecified atom stereocenters. The predicted molar refractivity (Wildman–Crippen MR) is 116 cm³/mol. The third-order valence-electron chi connectivity index (χ3n) is 5.37. The summed E-state index contributed by atoms with van der Waals surface area (Å²) in [6, 6.07) is 15.8. The quantitative estimate of drug-likeness (QED) is 0.554. The van der Waals surface area contributed by atoms with Crippen LogP contribution in [0.4, 0.5) is 0 Å². The zero-order valence-electron chi connectivity index (χ0n) is 17.6. The Labute approximate surface area is 172 Å². The molecule has 0 saturated heterocycles. The number of aliphatic hydroxyl groups excluding tert-OH is 1. The number of aryl methyl sites for hydroxylation is 1. The zero-order valence-corrected chi connectivity index (χ0v) is 17.6. The maximum absolute atomic E-state index is 10.6. The molecular weight excluding hydrogens is 364 g/mol. The van der Waals surface area contributed by atoms with Gasteiger partial charge in [0.15, 0.2) is 0 Å². The van der Waals surface area contributed by atoms with E-state index in [1.807, 2.05) is 64.6 Å². The molecule has 0 aliphatic rings. The number of ether oxygens (including phenoxy) is 1. The lowest BCUT2D eigenvalue weighted by atomic mass is 10.2. The van der Waals surface area contributed by atoms with E-state index in [4.69, 9.17) is 10.1 Å². The van der Waals surface area contributed by atoms with Crippen LogP contribution in [-0.4, -0.2) is 51.5 Å². The van der Waals surface area contributed by atoms with Crippen LogP contribution in [-0.2, 0) is 13.1 Å². The molecule has 0 radical (unpaired) electrons. The normalized spacial score (nSPS) is 12.6. The molecule has 0 fully saturated rings. The number of nitrogens with one attached hydrogen (secondary N) is 1. The third-order valence-corrected chi connectivity index (χ3v) is 5.37.